The molecule has 0 radical (unpaired) electrons. The van der Waals surface area contributed by atoms with Gasteiger partial charge in [0.15, 0.2) is 0 Å². The maximum absolute atomic E-state index is 12.9. The molecule has 18 heavy (non-hydrogen) atoms. The van der Waals surface area contributed by atoms with Gasteiger partial charge in [0.05, 0.1) is 11.7 Å². The maximum Gasteiger partial charge on any atom is 0.244 e. The molecule has 4 rings (SSSR count). The summed E-state index contributed by atoms with van der Waals surface area (Å²) in [5, 5.41) is 3.65. The minimum absolute atomic E-state index is 0.165. The van der Waals surface area contributed by atoms with Crippen LogP contribution in [-0.2, 0) is 4.79 Å². The van der Waals surface area contributed by atoms with E-state index >= 15 is 0 Å². The summed E-state index contributed by atoms with van der Waals surface area (Å²) in [6.07, 6.45) is 10.2. The summed E-state index contributed by atoms with van der Waals surface area (Å²) >= 11 is 0. The second kappa shape index (κ2) is 3.72. The molecule has 0 aromatic rings. The third kappa shape index (κ3) is 1.56. The Bertz CT molecular complexity index is 355. The third-order valence-electron chi connectivity index (χ3n) is 5.53. The van der Waals surface area contributed by atoms with Crippen molar-refractivity contribution < 1.29 is 4.79 Å². The van der Waals surface area contributed by atoms with Gasteiger partial charge in [0.2, 0.25) is 5.91 Å². The van der Waals surface area contributed by atoms with E-state index in [9.17, 15) is 4.79 Å². The first-order chi connectivity index (χ1) is 8.71. The molecule has 1 unspecified atom stereocenters. The normalized spacial score (nSPS) is 35.1. The lowest BCUT2D eigenvalue weighted by Gasteiger charge is -2.32. The largest absolute Gasteiger partial charge is 0.322 e. The van der Waals surface area contributed by atoms with Gasteiger partial charge in [-0.2, -0.15) is 0 Å². The Morgan fingerprint density at radius 3 is 2.22 bits per heavy atom. The number of rotatable bonds is 3. The molecule has 100 valence electrons. The summed E-state index contributed by atoms with van der Waals surface area (Å²) in [6, 6.07) is 0.569. The van der Waals surface area contributed by atoms with E-state index in [1.807, 2.05) is 0 Å². The molecule has 4 aliphatic rings. The highest BCUT2D eigenvalue weighted by Crippen LogP contribution is 2.50. The van der Waals surface area contributed by atoms with Crippen LogP contribution in [0.2, 0.25) is 0 Å². The molecule has 1 saturated heterocycles. The fraction of sp³-hybridized carbons (Fsp3) is 0.933. The standard InChI is InChI=1S/C15H24N2O/c1-10-16-15(8-2-3-9-15)14(18)17(10)13(11-4-5-11)12-6-7-12/h10-13,16H,2-9H2,1H3. The highest BCUT2D eigenvalue weighted by atomic mass is 16.2. The van der Waals surface area contributed by atoms with E-state index in [0.717, 1.165) is 24.7 Å². The first-order valence-corrected chi connectivity index (χ1v) is 7.82. The Kier molecular flexibility index (Phi) is 2.33. The van der Waals surface area contributed by atoms with Gasteiger partial charge in [-0.1, -0.05) is 12.8 Å². The van der Waals surface area contributed by atoms with Crippen molar-refractivity contribution >= 4 is 5.91 Å². The topological polar surface area (TPSA) is 32.3 Å². The van der Waals surface area contributed by atoms with Gasteiger partial charge in [0, 0.05) is 6.04 Å². The molecular weight excluding hydrogens is 224 g/mol. The predicted octanol–water partition coefficient (Wildman–Crippen LogP) is 2.27. The number of hydrogen-bond acceptors (Lipinski definition) is 2. The molecule has 1 spiro atoms. The molecule has 3 saturated carbocycles. The first-order valence-electron chi connectivity index (χ1n) is 7.82. The number of amides is 1. The Hall–Kier alpha value is -0.570. The molecular formula is C15H24N2O. The van der Waals surface area contributed by atoms with E-state index in [4.69, 9.17) is 0 Å². The van der Waals surface area contributed by atoms with Crippen LogP contribution in [0.15, 0.2) is 0 Å². The number of nitrogens with one attached hydrogen (secondary N) is 1. The highest BCUT2D eigenvalue weighted by Gasteiger charge is 2.57. The van der Waals surface area contributed by atoms with Crippen LogP contribution >= 0.6 is 0 Å². The fourth-order valence-corrected chi connectivity index (χ4v) is 4.40. The molecule has 0 aromatic carbocycles. The van der Waals surface area contributed by atoms with Gasteiger partial charge in [0.25, 0.3) is 0 Å². The third-order valence-corrected chi connectivity index (χ3v) is 5.53. The summed E-state index contributed by atoms with van der Waals surface area (Å²) in [7, 11) is 0. The van der Waals surface area contributed by atoms with Crippen LogP contribution in [0.4, 0.5) is 0 Å². The quantitative estimate of drug-likeness (QED) is 0.831. The van der Waals surface area contributed by atoms with Crippen LogP contribution < -0.4 is 5.32 Å². The Balaban J connectivity index is 1.61. The van der Waals surface area contributed by atoms with E-state index in [2.05, 4.69) is 17.1 Å². The lowest BCUT2D eigenvalue weighted by atomic mass is 9.96. The van der Waals surface area contributed by atoms with Crippen LogP contribution in [0.1, 0.15) is 58.3 Å². The van der Waals surface area contributed by atoms with Crippen molar-refractivity contribution in [2.45, 2.75) is 76.0 Å². The Morgan fingerprint density at radius 2 is 1.72 bits per heavy atom. The van der Waals surface area contributed by atoms with Gasteiger partial charge in [-0.05, 0) is 57.3 Å². The molecule has 0 aromatic heterocycles. The minimum atomic E-state index is -0.165. The van der Waals surface area contributed by atoms with Gasteiger partial charge >= 0.3 is 0 Å². The van der Waals surface area contributed by atoms with Gasteiger partial charge in [-0.15, -0.1) is 0 Å². The second-order valence-electron chi connectivity index (χ2n) is 6.99. The van der Waals surface area contributed by atoms with Gasteiger partial charge < -0.3 is 4.90 Å². The number of nitrogens with zero attached hydrogens (tertiary/aromatic N) is 1. The van der Waals surface area contributed by atoms with Crippen LogP contribution in [0.3, 0.4) is 0 Å². The van der Waals surface area contributed by atoms with Crippen molar-refractivity contribution in [1.29, 1.82) is 0 Å². The molecule has 4 fully saturated rings. The fourth-order valence-electron chi connectivity index (χ4n) is 4.40. The van der Waals surface area contributed by atoms with Crippen molar-refractivity contribution in [2.75, 3.05) is 0 Å². The molecule has 1 aliphatic heterocycles. The zero-order valence-electron chi connectivity index (χ0n) is 11.3. The van der Waals surface area contributed by atoms with Crippen molar-refractivity contribution in [1.82, 2.24) is 10.2 Å². The van der Waals surface area contributed by atoms with Gasteiger partial charge in [-0.25, -0.2) is 0 Å². The highest BCUT2D eigenvalue weighted by molar-refractivity contribution is 5.89. The maximum atomic E-state index is 12.9. The summed E-state index contributed by atoms with van der Waals surface area (Å²) in [4.78, 5) is 15.2. The zero-order chi connectivity index (χ0) is 12.3. The lowest BCUT2D eigenvalue weighted by Crippen LogP contribution is -2.47. The van der Waals surface area contributed by atoms with Crippen LogP contribution in [-0.4, -0.2) is 28.6 Å². The second-order valence-corrected chi connectivity index (χ2v) is 6.99. The van der Waals surface area contributed by atoms with Gasteiger partial charge in [0.1, 0.15) is 0 Å². The van der Waals surface area contributed by atoms with E-state index < -0.39 is 0 Å². The molecule has 1 amide bonds. The number of carbonyl (C=O) groups is 1. The molecule has 1 atom stereocenters. The van der Waals surface area contributed by atoms with E-state index in [1.54, 1.807) is 0 Å². The smallest absolute Gasteiger partial charge is 0.244 e. The summed E-state index contributed by atoms with van der Waals surface area (Å²) < 4.78 is 0. The average molecular weight is 248 g/mol. The summed E-state index contributed by atoms with van der Waals surface area (Å²) in [5.41, 5.74) is -0.165. The van der Waals surface area contributed by atoms with E-state index in [0.29, 0.717) is 11.9 Å². The molecule has 3 aliphatic carbocycles. The molecule has 3 heteroatoms. The van der Waals surface area contributed by atoms with Crippen LogP contribution in [0, 0.1) is 11.8 Å². The first kappa shape index (κ1) is 11.3. The predicted molar refractivity (Wildman–Crippen MR) is 69.9 cm³/mol. The van der Waals surface area contributed by atoms with Crippen molar-refractivity contribution in [3.63, 3.8) is 0 Å². The summed E-state index contributed by atoms with van der Waals surface area (Å²) in [5.74, 6) is 2.08. The zero-order valence-corrected chi connectivity index (χ0v) is 11.3. The lowest BCUT2D eigenvalue weighted by molar-refractivity contribution is -0.136. The van der Waals surface area contributed by atoms with Crippen LogP contribution in [0.25, 0.3) is 0 Å². The number of carbonyl (C=O) groups excluding carboxylic acids is 1. The van der Waals surface area contributed by atoms with Crippen molar-refractivity contribution in [3.8, 4) is 0 Å². The van der Waals surface area contributed by atoms with E-state index in [1.165, 1.54) is 38.5 Å². The SMILES string of the molecule is CC1NC2(CCCC2)C(=O)N1C(C1CC1)C1CC1. The molecule has 1 heterocycles. The summed E-state index contributed by atoms with van der Waals surface area (Å²) in [6.45, 7) is 2.20. The monoisotopic (exact) mass is 248 g/mol. The molecule has 3 nitrogen and oxygen atoms in total. The van der Waals surface area contributed by atoms with Crippen molar-refractivity contribution in [3.05, 3.63) is 0 Å². The molecule has 1 N–H and O–H groups in total. The average Bonchev–Trinajstić information content (AvgIpc) is 3.26. The van der Waals surface area contributed by atoms with E-state index in [-0.39, 0.29) is 11.7 Å². The van der Waals surface area contributed by atoms with Crippen molar-refractivity contribution in [2.24, 2.45) is 11.8 Å². The van der Waals surface area contributed by atoms with Crippen LogP contribution in [0.5, 0.6) is 0 Å². The number of hydrogen-bond donors (Lipinski definition) is 1. The molecule has 0 bridgehead atoms. The Morgan fingerprint density at radius 1 is 1.17 bits per heavy atom. The van der Waals surface area contributed by atoms with Gasteiger partial charge in [-0.3, -0.25) is 10.1 Å². The Labute approximate surface area is 109 Å². The minimum Gasteiger partial charge on any atom is -0.322 e.